The Kier molecular flexibility index (Phi) is 6.73. The van der Waals surface area contributed by atoms with Crippen molar-refractivity contribution in [3.63, 3.8) is 0 Å². The summed E-state index contributed by atoms with van der Waals surface area (Å²) in [7, 11) is 0. The van der Waals surface area contributed by atoms with Gasteiger partial charge in [0, 0.05) is 0 Å². The number of benzene rings is 1. The van der Waals surface area contributed by atoms with Gasteiger partial charge in [0.25, 0.3) is 0 Å². The Morgan fingerprint density at radius 2 is 1.18 bits per heavy atom. The molecule has 0 aliphatic heterocycles. The highest BCUT2D eigenvalue weighted by Crippen LogP contribution is 2.38. The van der Waals surface area contributed by atoms with Crippen LogP contribution in [0.2, 0.25) is 0 Å². The monoisotopic (exact) mass is 302 g/mol. The van der Waals surface area contributed by atoms with E-state index in [1.165, 1.54) is 11.1 Å². The molecule has 122 valence electrons. The van der Waals surface area contributed by atoms with Gasteiger partial charge in [-0.2, -0.15) is 0 Å². The number of rotatable bonds is 10. The van der Waals surface area contributed by atoms with Gasteiger partial charge in [0.1, 0.15) is 11.2 Å². The van der Waals surface area contributed by atoms with Crippen molar-refractivity contribution in [2.24, 2.45) is 0 Å². The van der Waals surface area contributed by atoms with Crippen molar-refractivity contribution >= 4 is 0 Å². The van der Waals surface area contributed by atoms with Crippen LogP contribution in [0.5, 0.6) is 0 Å². The topological polar surface area (TPSA) is 18.5 Å². The van der Waals surface area contributed by atoms with Gasteiger partial charge in [-0.15, -0.1) is 0 Å². The zero-order chi connectivity index (χ0) is 16.6. The summed E-state index contributed by atoms with van der Waals surface area (Å²) in [4.78, 5) is 0. The summed E-state index contributed by atoms with van der Waals surface area (Å²) in [6.45, 7) is 16.1. The zero-order valence-electron chi connectivity index (χ0n) is 14.5. The fourth-order valence-electron chi connectivity index (χ4n) is 3.19. The van der Waals surface area contributed by atoms with E-state index in [-0.39, 0.29) is 11.2 Å². The second-order valence-corrected chi connectivity index (χ2v) is 5.55. The normalized spacial score (nSPS) is 11.8. The minimum atomic E-state index is -0.320. The Labute approximate surface area is 135 Å². The predicted octanol–water partition coefficient (Wildman–Crippen LogP) is 6.04. The summed E-state index contributed by atoms with van der Waals surface area (Å²) in [5.41, 5.74) is 1.71. The van der Waals surface area contributed by atoms with E-state index in [1.54, 1.807) is 12.5 Å². The molecule has 22 heavy (non-hydrogen) atoms. The SMILES string of the molecule is C=COC(CC)(CC)c1cccc(C(CC)(CC)OC=C)c1. The molecule has 0 saturated carbocycles. The molecule has 0 radical (unpaired) electrons. The van der Waals surface area contributed by atoms with Crippen LogP contribution in [0.3, 0.4) is 0 Å². The molecule has 2 heteroatoms. The van der Waals surface area contributed by atoms with Gasteiger partial charge in [0.05, 0.1) is 12.5 Å². The fourth-order valence-corrected chi connectivity index (χ4v) is 3.19. The van der Waals surface area contributed by atoms with E-state index in [9.17, 15) is 0 Å². The summed E-state index contributed by atoms with van der Waals surface area (Å²) in [5.74, 6) is 0. The molecule has 1 rings (SSSR count). The van der Waals surface area contributed by atoms with E-state index in [0.29, 0.717) is 0 Å². The smallest absolute Gasteiger partial charge is 0.133 e. The van der Waals surface area contributed by atoms with Crippen LogP contribution in [0, 0.1) is 0 Å². The summed E-state index contributed by atoms with van der Waals surface area (Å²) in [6.07, 6.45) is 6.68. The molecule has 0 unspecified atom stereocenters. The van der Waals surface area contributed by atoms with Crippen molar-refractivity contribution in [3.05, 3.63) is 61.1 Å². The second-order valence-electron chi connectivity index (χ2n) is 5.55. The first-order chi connectivity index (χ1) is 10.6. The van der Waals surface area contributed by atoms with Gasteiger partial charge in [-0.25, -0.2) is 0 Å². The van der Waals surface area contributed by atoms with Crippen molar-refractivity contribution < 1.29 is 9.47 Å². The lowest BCUT2D eigenvalue weighted by Gasteiger charge is -2.35. The average Bonchev–Trinajstić information content (AvgIpc) is 2.58. The highest BCUT2D eigenvalue weighted by Gasteiger charge is 2.34. The molecule has 0 N–H and O–H groups in total. The van der Waals surface area contributed by atoms with Gasteiger partial charge in [0.2, 0.25) is 0 Å². The quantitative estimate of drug-likeness (QED) is 0.491. The molecule has 0 saturated heterocycles. The van der Waals surface area contributed by atoms with E-state index in [2.05, 4.69) is 65.1 Å². The van der Waals surface area contributed by atoms with Gasteiger partial charge < -0.3 is 9.47 Å². The molecular formula is C20H30O2. The summed E-state index contributed by atoms with van der Waals surface area (Å²) in [6, 6.07) is 8.56. The maximum atomic E-state index is 5.91. The van der Waals surface area contributed by atoms with Crippen LogP contribution in [0.25, 0.3) is 0 Å². The maximum Gasteiger partial charge on any atom is 0.133 e. The Hall–Kier alpha value is -1.70. The van der Waals surface area contributed by atoms with E-state index < -0.39 is 0 Å². The first kappa shape index (κ1) is 18.3. The van der Waals surface area contributed by atoms with Crippen LogP contribution in [0.1, 0.15) is 64.5 Å². The van der Waals surface area contributed by atoms with Crippen LogP contribution >= 0.6 is 0 Å². The molecule has 2 nitrogen and oxygen atoms in total. The van der Waals surface area contributed by atoms with Crippen LogP contribution in [0.15, 0.2) is 49.9 Å². The number of hydrogen-bond acceptors (Lipinski definition) is 2. The van der Waals surface area contributed by atoms with Gasteiger partial charge in [0.15, 0.2) is 0 Å². The molecule has 1 aromatic carbocycles. The van der Waals surface area contributed by atoms with Crippen LogP contribution < -0.4 is 0 Å². The lowest BCUT2D eigenvalue weighted by molar-refractivity contribution is 0.00420. The van der Waals surface area contributed by atoms with Gasteiger partial charge in [-0.3, -0.25) is 0 Å². The largest absolute Gasteiger partial charge is 0.491 e. The highest BCUT2D eigenvalue weighted by atomic mass is 16.5. The summed E-state index contributed by atoms with van der Waals surface area (Å²) >= 11 is 0. The molecule has 0 aliphatic rings. The van der Waals surface area contributed by atoms with E-state index in [0.717, 1.165) is 25.7 Å². The third kappa shape index (κ3) is 3.37. The van der Waals surface area contributed by atoms with E-state index in [4.69, 9.17) is 9.47 Å². The van der Waals surface area contributed by atoms with Crippen LogP contribution in [-0.4, -0.2) is 0 Å². The van der Waals surface area contributed by atoms with Crippen LogP contribution in [0.4, 0.5) is 0 Å². The van der Waals surface area contributed by atoms with E-state index >= 15 is 0 Å². The Morgan fingerprint density at radius 1 is 0.818 bits per heavy atom. The summed E-state index contributed by atoms with van der Waals surface area (Å²) in [5, 5.41) is 0. The predicted molar refractivity (Wildman–Crippen MR) is 93.5 cm³/mol. The minimum Gasteiger partial charge on any atom is -0.491 e. The molecule has 0 fully saturated rings. The minimum absolute atomic E-state index is 0.320. The van der Waals surface area contributed by atoms with Crippen molar-refractivity contribution in [2.45, 2.75) is 64.6 Å². The molecule has 0 atom stereocenters. The fraction of sp³-hybridized carbons (Fsp3) is 0.500. The Morgan fingerprint density at radius 3 is 1.45 bits per heavy atom. The molecule has 0 amide bonds. The molecular weight excluding hydrogens is 272 g/mol. The summed E-state index contributed by atoms with van der Waals surface area (Å²) < 4.78 is 11.8. The standard InChI is InChI=1S/C20H30O2/c1-7-19(8-2,21-11-5)17-14-13-15-18(16-17)20(9-3,10-4)22-12-6/h11-16H,5-10H2,1-4H3. The molecule has 1 aromatic rings. The van der Waals surface area contributed by atoms with Crippen molar-refractivity contribution in [1.29, 1.82) is 0 Å². The zero-order valence-corrected chi connectivity index (χ0v) is 14.5. The maximum absolute atomic E-state index is 5.91. The van der Waals surface area contributed by atoms with Gasteiger partial charge in [-0.1, -0.05) is 59.1 Å². The van der Waals surface area contributed by atoms with Gasteiger partial charge >= 0.3 is 0 Å². The van der Waals surface area contributed by atoms with Crippen LogP contribution in [-0.2, 0) is 20.7 Å². The molecule has 0 bridgehead atoms. The highest BCUT2D eigenvalue weighted by molar-refractivity contribution is 5.32. The van der Waals surface area contributed by atoms with Crippen molar-refractivity contribution in [1.82, 2.24) is 0 Å². The number of ether oxygens (including phenoxy) is 2. The van der Waals surface area contributed by atoms with Crippen molar-refractivity contribution in [2.75, 3.05) is 0 Å². The molecule has 0 aliphatic carbocycles. The average molecular weight is 302 g/mol. The van der Waals surface area contributed by atoms with E-state index in [1.807, 2.05) is 0 Å². The van der Waals surface area contributed by atoms with Gasteiger partial charge in [-0.05, 0) is 42.9 Å². The second kappa shape index (κ2) is 8.07. The Bertz CT molecular complexity index is 441. The molecule has 0 heterocycles. The van der Waals surface area contributed by atoms with Crippen molar-refractivity contribution in [3.8, 4) is 0 Å². The lowest BCUT2D eigenvalue weighted by Crippen LogP contribution is -2.29. The molecule has 0 aromatic heterocycles. The first-order valence-electron chi connectivity index (χ1n) is 8.26. The molecule has 0 spiro atoms. The Balaban J connectivity index is 3.38. The number of hydrogen-bond donors (Lipinski definition) is 0. The first-order valence-corrected chi connectivity index (χ1v) is 8.26. The third-order valence-corrected chi connectivity index (χ3v) is 4.82. The lowest BCUT2D eigenvalue weighted by atomic mass is 9.82. The third-order valence-electron chi connectivity index (χ3n) is 4.82.